The van der Waals surface area contributed by atoms with Crippen LogP contribution in [0, 0.1) is 0 Å². The Morgan fingerprint density at radius 3 is 1.15 bits per heavy atom. The SMILES string of the molecule is CC/C=C\C/C=C\C/C=C\C/C=C\C/C=C\C/C=C\C/C=C\C/C=C\C/C=C\C/C=C\CCCCCCCCCCC(=O)NC(COC1OC(CO)C(OC2OC(CO)C(O)C(O)C2O)C(O)C1O)C(O)/C=C/CC/C=C/CCCCCCCCCCCCCCCCCCC. The molecule has 14 heteroatoms. The Bertz CT molecular complexity index is 2180. The second kappa shape index (κ2) is 64.3. The van der Waals surface area contributed by atoms with E-state index in [0.717, 1.165) is 109 Å². The molecule has 9 N–H and O–H groups in total. The van der Waals surface area contributed by atoms with Crippen LogP contribution in [0.5, 0.6) is 0 Å². The zero-order valence-electron chi connectivity index (χ0n) is 59.8. The number of allylic oxidation sites excluding steroid dienone is 23. The average Bonchev–Trinajstić information content (AvgIpc) is 0.806. The van der Waals surface area contributed by atoms with Crippen molar-refractivity contribution in [3.8, 4) is 0 Å². The minimum Gasteiger partial charge on any atom is -0.394 e. The summed E-state index contributed by atoms with van der Waals surface area (Å²) in [5.74, 6) is -0.262. The van der Waals surface area contributed by atoms with Crippen LogP contribution in [0.4, 0.5) is 0 Å². The number of rotatable bonds is 61. The van der Waals surface area contributed by atoms with E-state index in [1.54, 1.807) is 6.08 Å². The Morgan fingerprint density at radius 1 is 0.385 bits per heavy atom. The number of aliphatic hydroxyl groups is 8. The van der Waals surface area contributed by atoms with Crippen LogP contribution in [-0.2, 0) is 23.7 Å². The van der Waals surface area contributed by atoms with E-state index in [-0.39, 0.29) is 18.9 Å². The number of carbonyl (C=O) groups is 1. The summed E-state index contributed by atoms with van der Waals surface area (Å²) in [5.41, 5.74) is 0. The standard InChI is InChI=1S/C82H137NO13/c1-3-5-7-9-11-13-15-17-19-21-23-25-27-28-29-30-31-32-33-34-35-36-37-38-39-40-41-42-44-46-48-50-52-54-56-58-60-62-64-66-74(87)83-70(69-93-81-79(92)77(90)80(73(68-85)95-81)96-82-78(91)76(89)75(88)72(67-84)94-82)71(86)65-63-61-59-57-55-53-51-49-47-45-43-26-24-22-20-18-16-14-12-10-8-6-4-2/h5,7,11,13,17,19,23,25,28-29,31-32,34-35,37-38,40-41,44,46,55,57,63,65,70-73,75-82,84-86,88-92H,3-4,6,8-10,12,14-16,18,20-22,24,26-27,30,33,36,39,42-43,45,47-54,56,58-62,64,66-69H2,1-2H3,(H,83,87)/b7-5-,13-11-,19-17-,25-23-,29-28-,32-31-,35-34-,38-37-,41-40-,46-44-,57-55+,65-63+. The van der Waals surface area contributed by atoms with Gasteiger partial charge >= 0.3 is 0 Å². The smallest absolute Gasteiger partial charge is 0.220 e. The van der Waals surface area contributed by atoms with Gasteiger partial charge in [0.2, 0.25) is 5.91 Å². The van der Waals surface area contributed by atoms with Crippen LogP contribution in [0.15, 0.2) is 146 Å². The molecule has 0 aromatic carbocycles. The summed E-state index contributed by atoms with van der Waals surface area (Å²) >= 11 is 0. The lowest BCUT2D eigenvalue weighted by Gasteiger charge is -2.46. The zero-order valence-corrected chi connectivity index (χ0v) is 59.8. The molecule has 548 valence electrons. The van der Waals surface area contributed by atoms with Crippen molar-refractivity contribution in [2.45, 2.75) is 344 Å². The molecule has 1 amide bonds. The first-order chi connectivity index (χ1) is 47.1. The second-order valence-electron chi connectivity index (χ2n) is 26.0. The van der Waals surface area contributed by atoms with Gasteiger partial charge in [-0.05, 0) is 109 Å². The first-order valence-corrected chi connectivity index (χ1v) is 38.1. The van der Waals surface area contributed by atoms with Crippen LogP contribution < -0.4 is 5.32 Å². The molecule has 0 radical (unpaired) electrons. The molecule has 0 aromatic rings. The van der Waals surface area contributed by atoms with Crippen molar-refractivity contribution in [1.29, 1.82) is 0 Å². The molecule has 2 heterocycles. The lowest BCUT2D eigenvalue weighted by atomic mass is 9.97. The van der Waals surface area contributed by atoms with Gasteiger partial charge in [0.05, 0.1) is 32.0 Å². The summed E-state index contributed by atoms with van der Waals surface area (Å²) in [4.78, 5) is 13.4. The van der Waals surface area contributed by atoms with Crippen LogP contribution in [0.2, 0.25) is 0 Å². The van der Waals surface area contributed by atoms with Crippen molar-refractivity contribution in [2.75, 3.05) is 19.8 Å². The maximum atomic E-state index is 13.4. The molecule has 0 saturated carbocycles. The summed E-state index contributed by atoms with van der Waals surface area (Å²) in [6, 6.07) is -0.948. The van der Waals surface area contributed by atoms with E-state index in [1.807, 2.05) is 6.08 Å². The van der Waals surface area contributed by atoms with E-state index in [2.05, 4.69) is 153 Å². The van der Waals surface area contributed by atoms with Crippen LogP contribution >= 0.6 is 0 Å². The summed E-state index contributed by atoms with van der Waals surface area (Å²) in [6.45, 7) is 2.67. The Labute approximate surface area is 583 Å². The number of aliphatic hydroxyl groups excluding tert-OH is 8. The predicted octanol–water partition coefficient (Wildman–Crippen LogP) is 16.8. The fourth-order valence-corrected chi connectivity index (χ4v) is 11.5. The number of nitrogens with one attached hydrogen (secondary N) is 1. The third-order valence-electron chi connectivity index (χ3n) is 17.5. The molecule has 12 unspecified atom stereocenters. The molecule has 0 bridgehead atoms. The highest BCUT2D eigenvalue weighted by Gasteiger charge is 2.51. The minimum atomic E-state index is -1.80. The van der Waals surface area contributed by atoms with Gasteiger partial charge in [0.1, 0.15) is 48.8 Å². The highest BCUT2D eigenvalue weighted by Crippen LogP contribution is 2.30. The first kappa shape index (κ1) is 88.0. The summed E-state index contributed by atoms with van der Waals surface area (Å²) in [6.07, 6.45) is 80.5. The largest absolute Gasteiger partial charge is 0.394 e. The number of hydrogen-bond donors (Lipinski definition) is 9. The van der Waals surface area contributed by atoms with Gasteiger partial charge in [-0.15, -0.1) is 0 Å². The highest BCUT2D eigenvalue weighted by atomic mass is 16.7. The van der Waals surface area contributed by atoms with Gasteiger partial charge in [-0.3, -0.25) is 4.79 Å². The Morgan fingerprint density at radius 2 is 0.729 bits per heavy atom. The maximum Gasteiger partial charge on any atom is 0.220 e. The highest BCUT2D eigenvalue weighted by molar-refractivity contribution is 5.76. The van der Waals surface area contributed by atoms with Crippen molar-refractivity contribution in [3.63, 3.8) is 0 Å². The molecule has 2 fully saturated rings. The molecule has 0 spiro atoms. The van der Waals surface area contributed by atoms with Gasteiger partial charge < -0.3 is 65.1 Å². The quantitative estimate of drug-likeness (QED) is 0.0204. The van der Waals surface area contributed by atoms with Gasteiger partial charge in [0.25, 0.3) is 0 Å². The molecule has 14 nitrogen and oxygen atoms in total. The summed E-state index contributed by atoms with van der Waals surface area (Å²) in [5, 5.41) is 87.5. The summed E-state index contributed by atoms with van der Waals surface area (Å²) in [7, 11) is 0. The van der Waals surface area contributed by atoms with Crippen LogP contribution in [0.1, 0.15) is 271 Å². The molecule has 0 aliphatic carbocycles. The Kier molecular flexibility index (Phi) is 58.9. The van der Waals surface area contributed by atoms with Gasteiger partial charge in [-0.25, -0.2) is 0 Å². The van der Waals surface area contributed by atoms with E-state index >= 15 is 0 Å². The topological polar surface area (TPSA) is 228 Å². The van der Waals surface area contributed by atoms with E-state index in [4.69, 9.17) is 18.9 Å². The molecule has 2 rings (SSSR count). The van der Waals surface area contributed by atoms with Crippen molar-refractivity contribution >= 4 is 5.91 Å². The second-order valence-corrected chi connectivity index (χ2v) is 26.0. The third-order valence-corrected chi connectivity index (χ3v) is 17.5. The number of hydrogen-bond acceptors (Lipinski definition) is 13. The monoisotopic (exact) mass is 1340 g/mol. The molecular weight excluding hydrogens is 1210 g/mol. The molecule has 96 heavy (non-hydrogen) atoms. The lowest BCUT2D eigenvalue weighted by molar-refractivity contribution is -0.359. The van der Waals surface area contributed by atoms with Crippen molar-refractivity contribution in [3.05, 3.63) is 146 Å². The van der Waals surface area contributed by atoms with Gasteiger partial charge in [-0.2, -0.15) is 0 Å². The number of ether oxygens (including phenoxy) is 4. The van der Waals surface area contributed by atoms with Crippen molar-refractivity contribution in [2.24, 2.45) is 0 Å². The van der Waals surface area contributed by atoms with Gasteiger partial charge in [0.15, 0.2) is 12.6 Å². The molecule has 2 saturated heterocycles. The van der Waals surface area contributed by atoms with E-state index in [9.17, 15) is 45.6 Å². The van der Waals surface area contributed by atoms with Gasteiger partial charge in [0, 0.05) is 6.42 Å². The fraction of sp³-hybridized carbons (Fsp3) is 0.695. The lowest BCUT2D eigenvalue weighted by Crippen LogP contribution is -2.65. The van der Waals surface area contributed by atoms with Gasteiger partial charge in [-0.1, -0.05) is 301 Å². The minimum absolute atomic E-state index is 0.255. The van der Waals surface area contributed by atoms with E-state index in [1.165, 1.54) is 128 Å². The number of amides is 1. The summed E-state index contributed by atoms with van der Waals surface area (Å²) < 4.78 is 22.9. The van der Waals surface area contributed by atoms with E-state index in [0.29, 0.717) is 12.8 Å². The van der Waals surface area contributed by atoms with Crippen molar-refractivity contribution in [1.82, 2.24) is 5.32 Å². The predicted molar refractivity (Wildman–Crippen MR) is 396 cm³/mol. The fourth-order valence-electron chi connectivity index (χ4n) is 11.5. The first-order valence-electron chi connectivity index (χ1n) is 38.1. The molecule has 0 aromatic heterocycles. The van der Waals surface area contributed by atoms with Crippen LogP contribution in [0.3, 0.4) is 0 Å². The van der Waals surface area contributed by atoms with Crippen LogP contribution in [-0.4, -0.2) is 140 Å². The Hall–Kier alpha value is -4.13. The number of carbonyl (C=O) groups excluding carboxylic acids is 1. The number of unbranched alkanes of at least 4 members (excludes halogenated alkanes) is 26. The Balaban J connectivity index is 1.66. The molecular formula is C82H137NO13. The zero-order chi connectivity index (χ0) is 69.4. The molecule has 2 aliphatic heterocycles. The molecule has 12 atom stereocenters. The third kappa shape index (κ3) is 47.0. The normalized spacial score (nSPS) is 23.1. The molecule has 2 aliphatic rings. The van der Waals surface area contributed by atoms with Crippen LogP contribution in [0.25, 0.3) is 0 Å². The average molecular weight is 1340 g/mol. The maximum absolute atomic E-state index is 13.4. The van der Waals surface area contributed by atoms with Crippen molar-refractivity contribution < 1.29 is 64.6 Å². The van der Waals surface area contributed by atoms with E-state index < -0.39 is 86.8 Å².